The number of ether oxygens (including phenoxy) is 1. The summed E-state index contributed by atoms with van der Waals surface area (Å²) in [5, 5.41) is 5.27. The number of rotatable bonds is 11. The van der Waals surface area contributed by atoms with Crippen LogP contribution in [0.25, 0.3) is 0 Å². The van der Waals surface area contributed by atoms with Crippen LogP contribution in [0.3, 0.4) is 0 Å². The molecule has 0 aromatic heterocycles. The van der Waals surface area contributed by atoms with E-state index in [-0.39, 0.29) is 37.5 Å². The lowest BCUT2D eigenvalue weighted by molar-refractivity contribution is -0.153. The van der Waals surface area contributed by atoms with Crippen molar-refractivity contribution < 1.29 is 23.9 Å². The lowest BCUT2D eigenvalue weighted by Crippen LogP contribution is -2.32. The lowest BCUT2D eigenvalue weighted by Gasteiger charge is -2.15. The number of hydrogen-bond donors (Lipinski definition) is 2. The third kappa shape index (κ3) is 8.22. The number of nitrogens with one attached hydrogen (secondary N) is 2. The van der Waals surface area contributed by atoms with Crippen molar-refractivity contribution >= 4 is 34.9 Å². The van der Waals surface area contributed by atoms with E-state index in [1.54, 1.807) is 36.4 Å². The molecule has 0 aliphatic carbocycles. The number of hydrogen-bond acceptors (Lipinski definition) is 6. The normalized spacial score (nSPS) is 11.2. The first-order valence-corrected chi connectivity index (χ1v) is 10.4. The van der Waals surface area contributed by atoms with Crippen molar-refractivity contribution in [2.24, 2.45) is 0 Å². The Hall–Kier alpha value is -3.68. The van der Waals surface area contributed by atoms with Gasteiger partial charge in [0.2, 0.25) is 5.91 Å². The molecule has 0 fully saturated rings. The van der Waals surface area contributed by atoms with Crippen LogP contribution in [0.15, 0.2) is 54.6 Å². The van der Waals surface area contributed by atoms with E-state index in [2.05, 4.69) is 10.6 Å². The lowest BCUT2D eigenvalue weighted by atomic mass is 10.1. The van der Waals surface area contributed by atoms with Crippen LogP contribution < -0.4 is 15.5 Å². The zero-order valence-electron chi connectivity index (χ0n) is 18.6. The van der Waals surface area contributed by atoms with Gasteiger partial charge in [0.25, 0.3) is 5.91 Å². The molecule has 0 saturated heterocycles. The number of nitrogens with zero attached hydrogens (tertiary/aromatic N) is 1. The number of carbonyl (C=O) groups is 4. The predicted molar refractivity (Wildman–Crippen MR) is 123 cm³/mol. The van der Waals surface area contributed by atoms with Crippen molar-refractivity contribution in [1.29, 1.82) is 0 Å². The molecule has 2 N–H and O–H groups in total. The van der Waals surface area contributed by atoms with E-state index in [0.717, 1.165) is 5.69 Å². The molecule has 0 saturated carbocycles. The minimum absolute atomic E-state index is 0.0359. The summed E-state index contributed by atoms with van der Waals surface area (Å²) in [5.41, 5.74) is 2.15. The van der Waals surface area contributed by atoms with Crippen molar-refractivity contribution in [2.75, 3.05) is 30.9 Å². The maximum absolute atomic E-state index is 12.2. The first-order chi connectivity index (χ1) is 15.3. The maximum Gasteiger partial charge on any atom is 0.308 e. The number of ketones is 1. The van der Waals surface area contributed by atoms with Crippen LogP contribution in [0.5, 0.6) is 0 Å². The number of esters is 1. The van der Waals surface area contributed by atoms with Crippen molar-refractivity contribution in [1.82, 2.24) is 5.32 Å². The molecule has 0 aliphatic rings. The summed E-state index contributed by atoms with van der Waals surface area (Å²) < 4.78 is 5.12. The molecule has 8 heteroatoms. The molecular weight excluding hydrogens is 410 g/mol. The van der Waals surface area contributed by atoms with Gasteiger partial charge in [-0.1, -0.05) is 30.3 Å². The Morgan fingerprint density at radius 2 is 1.56 bits per heavy atom. The van der Waals surface area contributed by atoms with Crippen LogP contribution in [0.2, 0.25) is 0 Å². The molecule has 0 spiro atoms. The summed E-state index contributed by atoms with van der Waals surface area (Å²) >= 11 is 0. The van der Waals surface area contributed by atoms with Gasteiger partial charge in [-0.3, -0.25) is 19.2 Å². The Labute approximate surface area is 187 Å². The summed E-state index contributed by atoms with van der Waals surface area (Å²) in [6.45, 7) is 1.55. The Morgan fingerprint density at radius 1 is 0.906 bits per heavy atom. The van der Waals surface area contributed by atoms with E-state index in [9.17, 15) is 19.2 Å². The zero-order valence-corrected chi connectivity index (χ0v) is 18.6. The molecule has 2 amide bonds. The molecule has 0 aliphatic heterocycles. The minimum Gasteiger partial charge on any atom is -0.452 e. The molecular formula is C24H29N3O5. The highest BCUT2D eigenvalue weighted by Gasteiger charge is 2.18. The summed E-state index contributed by atoms with van der Waals surface area (Å²) in [6, 6.07) is 16.0. The second kappa shape index (κ2) is 12.2. The van der Waals surface area contributed by atoms with E-state index < -0.39 is 18.0 Å². The van der Waals surface area contributed by atoms with Gasteiger partial charge in [0, 0.05) is 50.4 Å². The van der Waals surface area contributed by atoms with E-state index >= 15 is 0 Å². The van der Waals surface area contributed by atoms with Crippen LogP contribution >= 0.6 is 0 Å². The quantitative estimate of drug-likeness (QED) is 0.412. The fourth-order valence-electron chi connectivity index (χ4n) is 2.78. The number of Topliss-reactive ketones (excluding diaryl/α,β-unsaturated/α-hetero) is 1. The molecule has 2 aromatic rings. The molecule has 32 heavy (non-hydrogen) atoms. The molecule has 170 valence electrons. The summed E-state index contributed by atoms with van der Waals surface area (Å²) in [7, 11) is 3.84. The molecule has 2 rings (SSSR count). The molecule has 1 atom stereocenters. The van der Waals surface area contributed by atoms with Crippen LogP contribution in [0, 0.1) is 0 Å². The Morgan fingerprint density at radius 3 is 2.19 bits per heavy atom. The number of carbonyl (C=O) groups excluding carboxylic acids is 4. The van der Waals surface area contributed by atoms with Gasteiger partial charge < -0.3 is 20.3 Å². The minimum atomic E-state index is -0.977. The van der Waals surface area contributed by atoms with Gasteiger partial charge in [-0.2, -0.15) is 0 Å². The average molecular weight is 440 g/mol. The summed E-state index contributed by atoms with van der Waals surface area (Å²) in [6.07, 6.45) is -0.926. The van der Waals surface area contributed by atoms with Gasteiger partial charge in [0.05, 0.1) is 6.42 Å². The highest BCUT2D eigenvalue weighted by atomic mass is 16.5. The van der Waals surface area contributed by atoms with Gasteiger partial charge in [-0.25, -0.2) is 0 Å². The first-order valence-electron chi connectivity index (χ1n) is 10.4. The van der Waals surface area contributed by atoms with Crippen molar-refractivity contribution in [3.8, 4) is 0 Å². The van der Waals surface area contributed by atoms with Gasteiger partial charge >= 0.3 is 5.97 Å². The molecule has 8 nitrogen and oxygen atoms in total. The van der Waals surface area contributed by atoms with E-state index in [1.807, 2.05) is 37.2 Å². The van der Waals surface area contributed by atoms with E-state index in [0.29, 0.717) is 11.3 Å². The molecule has 0 radical (unpaired) electrons. The van der Waals surface area contributed by atoms with Crippen molar-refractivity contribution in [3.63, 3.8) is 0 Å². The fourth-order valence-corrected chi connectivity index (χ4v) is 2.78. The topological polar surface area (TPSA) is 105 Å². The average Bonchev–Trinajstić information content (AvgIpc) is 2.78. The number of amides is 2. The number of anilines is 2. The van der Waals surface area contributed by atoms with Gasteiger partial charge in [-0.05, 0) is 31.2 Å². The second-order valence-corrected chi connectivity index (χ2v) is 7.45. The highest BCUT2D eigenvalue weighted by Crippen LogP contribution is 2.16. The van der Waals surface area contributed by atoms with E-state index in [4.69, 9.17) is 4.74 Å². The van der Waals surface area contributed by atoms with Gasteiger partial charge in [0.1, 0.15) is 0 Å². The first kappa shape index (κ1) is 24.6. The molecule has 0 unspecified atom stereocenters. The third-order valence-corrected chi connectivity index (χ3v) is 4.65. The number of benzene rings is 2. The Kier molecular flexibility index (Phi) is 9.41. The monoisotopic (exact) mass is 439 g/mol. The molecule has 2 aromatic carbocycles. The van der Waals surface area contributed by atoms with Crippen LogP contribution in [-0.2, 0) is 19.1 Å². The second-order valence-electron chi connectivity index (χ2n) is 7.45. The summed E-state index contributed by atoms with van der Waals surface area (Å²) in [4.78, 5) is 50.0. The predicted octanol–water partition coefficient (Wildman–Crippen LogP) is 2.79. The van der Waals surface area contributed by atoms with Gasteiger partial charge in [0.15, 0.2) is 11.9 Å². The highest BCUT2D eigenvalue weighted by molar-refractivity contribution is 5.98. The third-order valence-electron chi connectivity index (χ3n) is 4.65. The van der Waals surface area contributed by atoms with Gasteiger partial charge in [-0.15, -0.1) is 0 Å². The van der Waals surface area contributed by atoms with Crippen molar-refractivity contribution in [2.45, 2.75) is 32.3 Å². The van der Waals surface area contributed by atoms with Crippen molar-refractivity contribution in [3.05, 3.63) is 60.2 Å². The van der Waals surface area contributed by atoms with E-state index in [1.165, 1.54) is 6.92 Å². The Bertz CT molecular complexity index is 926. The Balaban J connectivity index is 1.65. The van der Waals surface area contributed by atoms with Crippen LogP contribution in [0.1, 0.15) is 36.5 Å². The van der Waals surface area contributed by atoms with Crippen LogP contribution in [-0.4, -0.2) is 50.3 Å². The SMILES string of the molecule is C[C@H](OC(=O)CCNC(=O)CCC(=O)c1ccccc1)C(=O)Nc1ccc(N(C)C)cc1. The zero-order chi connectivity index (χ0) is 23.5. The largest absolute Gasteiger partial charge is 0.452 e. The standard InChI is InChI=1S/C24H29N3O5/c1-17(24(31)26-19-9-11-20(12-10-19)27(2)3)32-23(30)15-16-25-22(29)14-13-21(28)18-7-5-4-6-8-18/h4-12,17H,13-16H2,1-3H3,(H,25,29)(H,26,31)/t17-/m0/s1. The summed E-state index contributed by atoms with van der Waals surface area (Å²) in [5.74, 6) is -1.49. The molecule has 0 heterocycles. The smallest absolute Gasteiger partial charge is 0.308 e. The fraction of sp³-hybridized carbons (Fsp3) is 0.333. The maximum atomic E-state index is 12.2. The van der Waals surface area contributed by atoms with Crippen LogP contribution in [0.4, 0.5) is 11.4 Å². The molecule has 0 bridgehead atoms.